The number of amides is 1. The number of carbonyl (C=O) groups is 1. The van der Waals surface area contributed by atoms with Crippen LogP contribution in [0.1, 0.15) is 42.4 Å². The molecular formula is C17H21N3O2. The smallest absolute Gasteiger partial charge is 0.252 e. The number of nitrogens with zero attached hydrogens (tertiary/aromatic N) is 2. The van der Waals surface area contributed by atoms with Crippen molar-refractivity contribution in [1.29, 1.82) is 0 Å². The van der Waals surface area contributed by atoms with E-state index in [-0.39, 0.29) is 5.54 Å². The Labute approximate surface area is 130 Å². The van der Waals surface area contributed by atoms with Gasteiger partial charge in [0.05, 0.1) is 30.1 Å². The molecule has 1 heterocycles. The number of aromatic nitrogens is 2. The van der Waals surface area contributed by atoms with Crippen molar-refractivity contribution in [2.24, 2.45) is 5.73 Å². The second-order valence-corrected chi connectivity index (χ2v) is 6.00. The highest BCUT2D eigenvalue weighted by molar-refractivity contribution is 5.96. The van der Waals surface area contributed by atoms with Crippen molar-refractivity contribution in [3.8, 4) is 5.75 Å². The number of methoxy groups -OCH3 is 1. The summed E-state index contributed by atoms with van der Waals surface area (Å²) < 4.78 is 6.93. The fraction of sp³-hybridized carbons (Fsp3) is 0.294. The summed E-state index contributed by atoms with van der Waals surface area (Å²) in [6.07, 6.45) is 5.30. The zero-order valence-corrected chi connectivity index (χ0v) is 13.3. The molecule has 0 aliphatic heterocycles. The van der Waals surface area contributed by atoms with E-state index in [0.717, 1.165) is 11.3 Å². The summed E-state index contributed by atoms with van der Waals surface area (Å²) in [7, 11) is 1.63. The van der Waals surface area contributed by atoms with Crippen molar-refractivity contribution in [1.82, 2.24) is 9.78 Å². The maximum atomic E-state index is 11.6. The number of hydrogen-bond donors (Lipinski definition) is 1. The lowest BCUT2D eigenvalue weighted by Crippen LogP contribution is -2.25. The number of nitrogens with two attached hydrogens (primary N) is 1. The van der Waals surface area contributed by atoms with Crippen LogP contribution in [0.5, 0.6) is 5.75 Å². The lowest BCUT2D eigenvalue weighted by molar-refractivity contribution is 0.1000. The van der Waals surface area contributed by atoms with E-state index in [2.05, 4.69) is 5.10 Å². The zero-order chi connectivity index (χ0) is 16.3. The maximum absolute atomic E-state index is 11.6. The number of primary amides is 1. The van der Waals surface area contributed by atoms with Crippen LogP contribution in [0.3, 0.4) is 0 Å². The highest BCUT2D eigenvalue weighted by Gasteiger charge is 2.21. The molecule has 0 saturated heterocycles. The lowest BCUT2D eigenvalue weighted by Gasteiger charge is -2.21. The molecule has 1 aromatic heterocycles. The van der Waals surface area contributed by atoms with Gasteiger partial charge in [0.1, 0.15) is 5.75 Å². The van der Waals surface area contributed by atoms with Crippen LogP contribution in [-0.2, 0) is 5.54 Å². The van der Waals surface area contributed by atoms with Gasteiger partial charge >= 0.3 is 0 Å². The third-order valence-corrected chi connectivity index (χ3v) is 3.26. The molecule has 0 spiro atoms. The molecule has 2 rings (SSSR count). The molecule has 5 heteroatoms. The quantitative estimate of drug-likeness (QED) is 0.943. The van der Waals surface area contributed by atoms with E-state index < -0.39 is 5.91 Å². The minimum Gasteiger partial charge on any atom is -0.497 e. The topological polar surface area (TPSA) is 70.1 Å². The highest BCUT2D eigenvalue weighted by atomic mass is 16.5. The highest BCUT2D eigenvalue weighted by Crippen LogP contribution is 2.21. The number of carbonyl (C=O) groups excluding carboxylic acids is 1. The van der Waals surface area contributed by atoms with Crippen LogP contribution in [0.4, 0.5) is 0 Å². The first-order valence-electron chi connectivity index (χ1n) is 7.03. The van der Waals surface area contributed by atoms with Gasteiger partial charge in [0, 0.05) is 0 Å². The fourth-order valence-corrected chi connectivity index (χ4v) is 2.13. The van der Waals surface area contributed by atoms with Crippen LogP contribution in [0.2, 0.25) is 0 Å². The molecule has 0 aliphatic carbocycles. The third-order valence-electron chi connectivity index (χ3n) is 3.26. The van der Waals surface area contributed by atoms with Crippen molar-refractivity contribution in [2.45, 2.75) is 26.3 Å². The van der Waals surface area contributed by atoms with Crippen LogP contribution in [0.25, 0.3) is 12.2 Å². The molecule has 0 atom stereocenters. The molecule has 0 aliphatic rings. The molecule has 0 bridgehead atoms. The van der Waals surface area contributed by atoms with Crippen LogP contribution in [0.15, 0.2) is 30.5 Å². The molecule has 5 nitrogen and oxygen atoms in total. The van der Waals surface area contributed by atoms with Crippen LogP contribution >= 0.6 is 0 Å². The van der Waals surface area contributed by atoms with Gasteiger partial charge in [-0.15, -0.1) is 0 Å². The van der Waals surface area contributed by atoms with Crippen LogP contribution in [-0.4, -0.2) is 22.8 Å². The van der Waals surface area contributed by atoms with E-state index in [9.17, 15) is 4.79 Å². The van der Waals surface area contributed by atoms with E-state index in [1.54, 1.807) is 11.8 Å². The number of rotatable bonds is 4. The van der Waals surface area contributed by atoms with Gasteiger partial charge in [-0.05, 0) is 44.5 Å². The van der Waals surface area contributed by atoms with Gasteiger partial charge in [0.2, 0.25) is 0 Å². The third kappa shape index (κ3) is 3.36. The maximum Gasteiger partial charge on any atom is 0.252 e. The van der Waals surface area contributed by atoms with E-state index in [0.29, 0.717) is 11.3 Å². The van der Waals surface area contributed by atoms with Crippen molar-refractivity contribution in [3.05, 3.63) is 47.3 Å². The Bertz CT molecular complexity index is 692. The normalized spacial score (nSPS) is 11.8. The molecule has 0 saturated carbocycles. The van der Waals surface area contributed by atoms with Crippen molar-refractivity contribution < 1.29 is 9.53 Å². The monoisotopic (exact) mass is 299 g/mol. The summed E-state index contributed by atoms with van der Waals surface area (Å²) in [5.41, 5.74) is 7.31. The Morgan fingerprint density at radius 3 is 2.36 bits per heavy atom. The van der Waals surface area contributed by atoms with Crippen molar-refractivity contribution >= 4 is 18.1 Å². The van der Waals surface area contributed by atoms with Gasteiger partial charge in [0.25, 0.3) is 5.91 Å². The van der Waals surface area contributed by atoms with Gasteiger partial charge in [-0.25, -0.2) is 0 Å². The summed E-state index contributed by atoms with van der Waals surface area (Å²) >= 11 is 0. The lowest BCUT2D eigenvalue weighted by atomic mass is 10.1. The Hall–Kier alpha value is -2.56. The second kappa shape index (κ2) is 6.05. The first-order valence-corrected chi connectivity index (χ1v) is 7.03. The minimum absolute atomic E-state index is 0.243. The molecule has 116 valence electrons. The Kier molecular flexibility index (Phi) is 4.35. The molecule has 2 N–H and O–H groups in total. The minimum atomic E-state index is -0.482. The van der Waals surface area contributed by atoms with Crippen molar-refractivity contribution in [3.63, 3.8) is 0 Å². The van der Waals surface area contributed by atoms with Crippen LogP contribution in [0, 0.1) is 0 Å². The molecular weight excluding hydrogens is 278 g/mol. The van der Waals surface area contributed by atoms with E-state index in [1.807, 2.05) is 57.2 Å². The standard InChI is InChI=1S/C17H21N3O2/c1-17(2,3)20-15(14(11-19-20)16(18)21)10-7-12-5-8-13(22-4)9-6-12/h5-11H,1-4H3,(H2,18,21). The zero-order valence-electron chi connectivity index (χ0n) is 13.3. The molecule has 1 amide bonds. The molecule has 0 fully saturated rings. The molecule has 1 aromatic carbocycles. The van der Waals surface area contributed by atoms with Gasteiger partial charge in [-0.2, -0.15) is 5.10 Å². The average molecular weight is 299 g/mol. The molecule has 22 heavy (non-hydrogen) atoms. The average Bonchev–Trinajstić information content (AvgIpc) is 2.89. The molecule has 0 unspecified atom stereocenters. The fourth-order valence-electron chi connectivity index (χ4n) is 2.13. The van der Waals surface area contributed by atoms with Gasteiger partial charge in [-0.3, -0.25) is 9.48 Å². The Morgan fingerprint density at radius 1 is 1.23 bits per heavy atom. The van der Waals surface area contributed by atoms with Crippen molar-refractivity contribution in [2.75, 3.05) is 7.11 Å². The number of benzene rings is 1. The second-order valence-electron chi connectivity index (χ2n) is 6.00. The summed E-state index contributed by atoms with van der Waals surface area (Å²) in [5.74, 6) is 0.319. The first kappa shape index (κ1) is 15.8. The van der Waals surface area contributed by atoms with Gasteiger partial charge in [-0.1, -0.05) is 18.2 Å². The first-order chi connectivity index (χ1) is 10.3. The Morgan fingerprint density at radius 2 is 1.86 bits per heavy atom. The van der Waals surface area contributed by atoms with E-state index in [1.165, 1.54) is 6.20 Å². The Balaban J connectivity index is 2.40. The predicted octanol–water partition coefficient (Wildman–Crippen LogP) is 2.92. The number of ether oxygens (including phenoxy) is 1. The molecule has 0 radical (unpaired) electrons. The van der Waals surface area contributed by atoms with Crippen LogP contribution < -0.4 is 10.5 Å². The SMILES string of the molecule is COc1ccc(C=Cc2c(C(N)=O)cnn2C(C)(C)C)cc1. The molecule has 2 aromatic rings. The predicted molar refractivity (Wildman–Crippen MR) is 87.7 cm³/mol. The summed E-state index contributed by atoms with van der Waals surface area (Å²) in [6.45, 7) is 6.07. The van der Waals surface area contributed by atoms with Gasteiger partial charge in [0.15, 0.2) is 0 Å². The summed E-state index contributed by atoms with van der Waals surface area (Å²) in [4.78, 5) is 11.6. The summed E-state index contributed by atoms with van der Waals surface area (Å²) in [6, 6.07) is 7.65. The number of hydrogen-bond acceptors (Lipinski definition) is 3. The van der Waals surface area contributed by atoms with E-state index >= 15 is 0 Å². The van der Waals surface area contributed by atoms with Gasteiger partial charge < -0.3 is 10.5 Å². The largest absolute Gasteiger partial charge is 0.497 e. The summed E-state index contributed by atoms with van der Waals surface area (Å²) in [5, 5.41) is 4.29. The van der Waals surface area contributed by atoms with E-state index in [4.69, 9.17) is 10.5 Å².